The highest BCUT2D eigenvalue weighted by Crippen LogP contribution is 2.23. The monoisotopic (exact) mass is 601 g/mol. The van der Waals surface area contributed by atoms with E-state index >= 15 is 0 Å². The van der Waals surface area contributed by atoms with Crippen molar-refractivity contribution in [1.82, 2.24) is 9.97 Å². The van der Waals surface area contributed by atoms with Crippen LogP contribution < -0.4 is 15.4 Å². The molecule has 2 aromatic carbocycles. The van der Waals surface area contributed by atoms with Crippen LogP contribution in [0.25, 0.3) is 0 Å². The van der Waals surface area contributed by atoms with Crippen LogP contribution in [0.4, 0.5) is 17.2 Å². The van der Waals surface area contributed by atoms with Gasteiger partial charge in [-0.3, -0.25) is 19.3 Å². The van der Waals surface area contributed by atoms with E-state index in [4.69, 9.17) is 0 Å². The molecule has 0 saturated carbocycles. The van der Waals surface area contributed by atoms with E-state index in [2.05, 4.69) is 25.3 Å². The van der Waals surface area contributed by atoms with Crippen molar-refractivity contribution in [3.05, 3.63) is 127 Å². The number of carbonyl (C=O) groups is 2. The first-order valence-electron chi connectivity index (χ1n) is 12.4. The molecule has 4 aromatic rings. The summed E-state index contributed by atoms with van der Waals surface area (Å²) in [5.41, 5.74) is 1.25. The lowest BCUT2D eigenvalue weighted by atomic mass is 10.1. The third-order valence-corrected chi connectivity index (χ3v) is 9.02. The molecule has 0 fully saturated rings. The zero-order valence-electron chi connectivity index (χ0n) is 21.8. The van der Waals surface area contributed by atoms with E-state index in [0.29, 0.717) is 17.1 Å². The predicted molar refractivity (Wildman–Crippen MR) is 156 cm³/mol. The van der Waals surface area contributed by atoms with Gasteiger partial charge >= 0.3 is 0 Å². The summed E-state index contributed by atoms with van der Waals surface area (Å²) < 4.78 is 53.0. The number of pyridine rings is 2. The third kappa shape index (κ3) is 6.77. The molecule has 0 spiro atoms. The predicted octanol–water partition coefficient (Wildman–Crippen LogP) is 3.69. The van der Waals surface area contributed by atoms with Crippen LogP contribution in [-0.2, 0) is 35.2 Å². The maximum Gasteiger partial charge on any atom is 0.263 e. The van der Waals surface area contributed by atoms with Crippen LogP contribution in [-0.4, -0.2) is 38.4 Å². The van der Waals surface area contributed by atoms with Gasteiger partial charge in [-0.25, -0.2) is 21.8 Å². The van der Waals surface area contributed by atoms with E-state index in [1.54, 1.807) is 30.3 Å². The van der Waals surface area contributed by atoms with Crippen molar-refractivity contribution >= 4 is 48.6 Å². The first-order chi connectivity index (χ1) is 20.1. The van der Waals surface area contributed by atoms with Gasteiger partial charge in [0.1, 0.15) is 5.82 Å². The number of rotatable bonds is 10. The minimum absolute atomic E-state index is 0.00345. The van der Waals surface area contributed by atoms with E-state index in [1.165, 1.54) is 67.0 Å². The van der Waals surface area contributed by atoms with Crippen LogP contribution in [0.5, 0.6) is 0 Å². The molecule has 212 valence electrons. The fraction of sp³-hybridized carbons (Fsp3) is 0.0345. The maximum absolute atomic E-state index is 12.7. The standard InChI is InChI=1S/C29H23N5O6S2/c35-27-18-26(33-21-9-13-24(14-10-21)42(39,40)34-29-6-2-4-16-31-29)28(36)17-25(27)32-20-7-11-23(12-8-20)41(37,38)19-22-5-1-3-15-30-22/h1-18,32-33H,19H2,(H,31,34). The molecule has 1 aliphatic carbocycles. The number of aromatic nitrogens is 2. The van der Waals surface area contributed by atoms with Gasteiger partial charge in [-0.2, -0.15) is 0 Å². The van der Waals surface area contributed by atoms with Crippen molar-refractivity contribution in [2.75, 3.05) is 15.4 Å². The molecule has 0 saturated heterocycles. The lowest BCUT2D eigenvalue weighted by Crippen LogP contribution is -2.22. The molecule has 0 bridgehead atoms. The molecule has 1 aliphatic rings. The highest BCUT2D eigenvalue weighted by Gasteiger charge is 2.22. The van der Waals surface area contributed by atoms with Crippen LogP contribution in [0.1, 0.15) is 5.69 Å². The Hall–Kier alpha value is -5.14. The van der Waals surface area contributed by atoms with Gasteiger partial charge < -0.3 is 10.6 Å². The molecule has 3 N–H and O–H groups in total. The molecular formula is C29H23N5O6S2. The number of hydrogen-bond donors (Lipinski definition) is 3. The summed E-state index contributed by atoms with van der Waals surface area (Å²) in [6, 6.07) is 21.3. The number of hydrogen-bond acceptors (Lipinski definition) is 10. The average Bonchev–Trinajstić information content (AvgIpc) is 2.97. The number of sulfone groups is 1. The number of allylic oxidation sites excluding steroid dienone is 2. The zero-order chi connectivity index (χ0) is 29.7. The van der Waals surface area contributed by atoms with Crippen molar-refractivity contribution in [2.45, 2.75) is 15.5 Å². The second-order valence-electron chi connectivity index (χ2n) is 9.04. The first kappa shape index (κ1) is 28.4. The summed E-state index contributed by atoms with van der Waals surface area (Å²) in [6.45, 7) is 0. The zero-order valence-corrected chi connectivity index (χ0v) is 23.4. The summed E-state index contributed by atoms with van der Waals surface area (Å²) in [6.07, 6.45) is 5.25. The smallest absolute Gasteiger partial charge is 0.263 e. The fourth-order valence-corrected chi connectivity index (χ4v) is 6.20. The topological polar surface area (TPSA) is 164 Å². The van der Waals surface area contributed by atoms with Crippen molar-refractivity contribution < 1.29 is 26.4 Å². The van der Waals surface area contributed by atoms with Crippen molar-refractivity contribution in [3.63, 3.8) is 0 Å². The molecule has 0 atom stereocenters. The number of ketones is 2. The van der Waals surface area contributed by atoms with Gasteiger partial charge in [0, 0.05) is 35.9 Å². The number of carbonyl (C=O) groups excluding carboxylic acids is 2. The summed E-state index contributed by atoms with van der Waals surface area (Å²) in [5.74, 6) is -1.04. The molecule has 2 aromatic heterocycles. The SMILES string of the molecule is O=C1C=C(Nc2ccc(S(=O)(=O)Nc3ccccn3)cc2)C(=O)C=C1Nc1ccc(S(=O)(=O)Cc2ccccn2)cc1. The Morgan fingerprint density at radius 3 is 1.62 bits per heavy atom. The number of nitrogens with one attached hydrogen (secondary N) is 3. The summed E-state index contributed by atoms with van der Waals surface area (Å²) in [7, 11) is -7.50. The van der Waals surface area contributed by atoms with Crippen molar-refractivity contribution in [1.29, 1.82) is 0 Å². The van der Waals surface area contributed by atoms with Gasteiger partial charge in [0.2, 0.25) is 11.6 Å². The summed E-state index contributed by atoms with van der Waals surface area (Å²) in [5, 5.41) is 5.69. The van der Waals surface area contributed by atoms with E-state index < -0.39 is 31.4 Å². The minimum Gasteiger partial charge on any atom is -0.352 e. The van der Waals surface area contributed by atoms with E-state index in [1.807, 2.05) is 0 Å². The number of benzene rings is 2. The second-order valence-corrected chi connectivity index (χ2v) is 12.7. The van der Waals surface area contributed by atoms with Crippen LogP contribution in [0, 0.1) is 0 Å². The molecule has 0 radical (unpaired) electrons. The molecule has 0 aliphatic heterocycles. The van der Waals surface area contributed by atoms with Crippen molar-refractivity contribution in [2.24, 2.45) is 0 Å². The van der Waals surface area contributed by atoms with Crippen LogP contribution in [0.2, 0.25) is 0 Å². The maximum atomic E-state index is 12.7. The molecule has 0 unspecified atom stereocenters. The Bertz CT molecular complexity index is 1770. The third-order valence-electron chi connectivity index (χ3n) is 5.99. The number of anilines is 3. The Balaban J connectivity index is 1.21. The van der Waals surface area contributed by atoms with Crippen LogP contribution >= 0.6 is 0 Å². The Labute approximate surface area is 242 Å². The molecule has 0 amide bonds. The Morgan fingerprint density at radius 2 is 1.12 bits per heavy atom. The molecule has 13 heteroatoms. The molecule has 11 nitrogen and oxygen atoms in total. The number of sulfonamides is 1. The normalized spacial score (nSPS) is 13.6. The molecule has 2 heterocycles. The Kier molecular flexibility index (Phi) is 7.95. The van der Waals surface area contributed by atoms with Gasteiger partial charge in [-0.1, -0.05) is 12.1 Å². The van der Waals surface area contributed by atoms with Crippen molar-refractivity contribution in [3.8, 4) is 0 Å². The minimum atomic E-state index is -3.88. The fourth-order valence-electron chi connectivity index (χ4n) is 3.91. The largest absolute Gasteiger partial charge is 0.352 e. The highest BCUT2D eigenvalue weighted by molar-refractivity contribution is 7.92. The summed E-state index contributed by atoms with van der Waals surface area (Å²) >= 11 is 0. The van der Waals surface area contributed by atoms with Gasteiger partial charge in [0.25, 0.3) is 10.0 Å². The van der Waals surface area contributed by atoms with Gasteiger partial charge in [0.15, 0.2) is 9.84 Å². The first-order valence-corrected chi connectivity index (χ1v) is 15.6. The Morgan fingerprint density at radius 1 is 0.595 bits per heavy atom. The van der Waals surface area contributed by atoms with Crippen LogP contribution in [0.15, 0.2) is 131 Å². The molecule has 5 rings (SSSR count). The van der Waals surface area contributed by atoms with Gasteiger partial charge in [0.05, 0.1) is 32.6 Å². The quantitative estimate of drug-likeness (QED) is 0.228. The lowest BCUT2D eigenvalue weighted by Gasteiger charge is -2.16. The number of nitrogens with zero attached hydrogens (tertiary/aromatic N) is 2. The lowest BCUT2D eigenvalue weighted by molar-refractivity contribution is -0.115. The second kappa shape index (κ2) is 11.8. The molecular weight excluding hydrogens is 578 g/mol. The van der Waals surface area contributed by atoms with E-state index in [9.17, 15) is 26.4 Å². The van der Waals surface area contributed by atoms with E-state index in [0.717, 1.165) is 12.2 Å². The van der Waals surface area contributed by atoms with Gasteiger partial charge in [-0.15, -0.1) is 0 Å². The highest BCUT2D eigenvalue weighted by atomic mass is 32.2. The van der Waals surface area contributed by atoms with Gasteiger partial charge in [-0.05, 0) is 72.8 Å². The van der Waals surface area contributed by atoms with Crippen LogP contribution in [0.3, 0.4) is 0 Å². The molecule has 42 heavy (non-hydrogen) atoms. The summed E-state index contributed by atoms with van der Waals surface area (Å²) in [4.78, 5) is 33.5. The van der Waals surface area contributed by atoms with E-state index in [-0.39, 0.29) is 32.8 Å². The average molecular weight is 602 g/mol.